The third kappa shape index (κ3) is 5.09. The normalized spacial score (nSPS) is 19.7. The molecular weight excluding hydrogens is 501 g/mol. The predicted molar refractivity (Wildman–Crippen MR) is 133 cm³/mol. The van der Waals surface area contributed by atoms with Crippen LogP contribution in [0.2, 0.25) is 0 Å². The number of alkyl halides is 3. The number of ether oxygens (including phenoxy) is 2. The number of hydrogen-bond donors (Lipinski definition) is 0. The van der Waals surface area contributed by atoms with Crippen LogP contribution < -0.4 is 9.47 Å². The number of nitrogens with zero attached hydrogens (tertiary/aromatic N) is 4. The van der Waals surface area contributed by atoms with Gasteiger partial charge in [0.1, 0.15) is 17.4 Å². The summed E-state index contributed by atoms with van der Waals surface area (Å²) in [6.07, 6.45) is -0.651. The molecule has 8 nitrogen and oxygen atoms in total. The summed E-state index contributed by atoms with van der Waals surface area (Å²) >= 11 is 0. The zero-order chi connectivity index (χ0) is 27.0. The molecule has 0 aliphatic carbocycles. The third-order valence-corrected chi connectivity index (χ3v) is 7.12. The van der Waals surface area contributed by atoms with Gasteiger partial charge >= 0.3 is 6.18 Å². The molecule has 2 fully saturated rings. The van der Waals surface area contributed by atoms with Gasteiger partial charge in [0.05, 0.1) is 25.1 Å². The van der Waals surface area contributed by atoms with Crippen LogP contribution in [-0.4, -0.2) is 71.0 Å². The summed E-state index contributed by atoms with van der Waals surface area (Å²) in [5, 5.41) is 0.617. The predicted octanol–water partition coefficient (Wildman–Crippen LogP) is 4.17. The number of carbonyl (C=O) groups is 2. The molecule has 1 aromatic carbocycles. The number of fused-ring (bicyclic) bond motifs is 1. The Morgan fingerprint density at radius 1 is 1.03 bits per heavy atom. The van der Waals surface area contributed by atoms with Gasteiger partial charge in [-0.15, -0.1) is 0 Å². The van der Waals surface area contributed by atoms with E-state index in [4.69, 9.17) is 9.47 Å². The van der Waals surface area contributed by atoms with Crippen LogP contribution >= 0.6 is 0 Å². The van der Waals surface area contributed by atoms with Crippen molar-refractivity contribution >= 4 is 22.7 Å². The van der Waals surface area contributed by atoms with Crippen molar-refractivity contribution in [2.24, 2.45) is 5.92 Å². The Bertz CT molecular complexity index is 1380. The molecule has 0 N–H and O–H groups in total. The zero-order valence-corrected chi connectivity index (χ0v) is 21.0. The molecule has 11 heteroatoms. The number of benzene rings is 1. The summed E-state index contributed by atoms with van der Waals surface area (Å²) in [6, 6.07) is 7.92. The fourth-order valence-electron chi connectivity index (χ4n) is 5.14. The van der Waals surface area contributed by atoms with E-state index in [1.165, 1.54) is 19.3 Å². The Hall–Kier alpha value is -3.89. The van der Waals surface area contributed by atoms with Gasteiger partial charge in [0.15, 0.2) is 0 Å². The molecule has 2 aliphatic rings. The lowest BCUT2D eigenvalue weighted by molar-refractivity contribution is -0.139. The van der Waals surface area contributed by atoms with Gasteiger partial charge in [-0.2, -0.15) is 13.2 Å². The molecule has 3 aromatic rings. The van der Waals surface area contributed by atoms with Gasteiger partial charge in [-0.05, 0) is 42.3 Å². The van der Waals surface area contributed by atoms with E-state index in [0.29, 0.717) is 61.2 Å². The van der Waals surface area contributed by atoms with Crippen molar-refractivity contribution < 1.29 is 32.2 Å². The first-order chi connectivity index (χ1) is 18.1. The number of pyridine rings is 2. The highest BCUT2D eigenvalue weighted by Crippen LogP contribution is 2.39. The van der Waals surface area contributed by atoms with E-state index in [2.05, 4.69) is 9.97 Å². The SMILES string of the molecule is COc1ncc(-c2ccnc3ccc(O[C@H]4CCN(C(=O)[C@@H]5CCN(C(C)=O)C5)C4)cc23)cc1C(F)(F)F. The van der Waals surface area contributed by atoms with Gasteiger partial charge in [-0.1, -0.05) is 0 Å². The van der Waals surface area contributed by atoms with Crippen molar-refractivity contribution in [1.82, 2.24) is 19.8 Å². The van der Waals surface area contributed by atoms with Crippen LogP contribution in [0, 0.1) is 5.92 Å². The summed E-state index contributed by atoms with van der Waals surface area (Å²) in [4.78, 5) is 36.3. The molecule has 0 spiro atoms. The molecule has 0 radical (unpaired) electrons. The Labute approximate surface area is 217 Å². The second-order valence-electron chi connectivity index (χ2n) is 9.58. The first kappa shape index (κ1) is 25.7. The number of amides is 2. The van der Waals surface area contributed by atoms with Crippen molar-refractivity contribution in [2.45, 2.75) is 32.0 Å². The molecule has 5 rings (SSSR count). The van der Waals surface area contributed by atoms with Crippen LogP contribution in [0.3, 0.4) is 0 Å². The largest absolute Gasteiger partial charge is 0.488 e. The van der Waals surface area contributed by atoms with Gasteiger partial charge in [0.2, 0.25) is 17.7 Å². The second-order valence-corrected chi connectivity index (χ2v) is 9.58. The van der Waals surface area contributed by atoms with E-state index in [0.717, 1.165) is 13.2 Å². The smallest absolute Gasteiger partial charge is 0.421 e. The van der Waals surface area contributed by atoms with Gasteiger partial charge in [-0.3, -0.25) is 14.6 Å². The van der Waals surface area contributed by atoms with Crippen LogP contribution in [0.15, 0.2) is 42.7 Å². The van der Waals surface area contributed by atoms with Crippen molar-refractivity contribution in [3.05, 3.63) is 48.3 Å². The minimum Gasteiger partial charge on any atom is -0.488 e. The molecular formula is C27H27F3N4O4. The van der Waals surface area contributed by atoms with Gasteiger partial charge in [-0.25, -0.2) is 4.98 Å². The van der Waals surface area contributed by atoms with Gasteiger partial charge in [0, 0.05) is 56.3 Å². The average molecular weight is 529 g/mol. The Kier molecular flexibility index (Phi) is 6.85. The van der Waals surface area contributed by atoms with E-state index in [1.54, 1.807) is 34.1 Å². The summed E-state index contributed by atoms with van der Waals surface area (Å²) in [5.41, 5.74) is 0.440. The maximum Gasteiger partial charge on any atom is 0.421 e. The molecule has 200 valence electrons. The number of aromatic nitrogens is 2. The number of likely N-dealkylation sites (tertiary alicyclic amines) is 2. The molecule has 0 unspecified atom stereocenters. The van der Waals surface area contributed by atoms with Crippen LogP contribution in [0.4, 0.5) is 13.2 Å². The zero-order valence-electron chi connectivity index (χ0n) is 21.0. The number of carbonyl (C=O) groups excluding carboxylic acids is 2. The second kappa shape index (κ2) is 10.1. The van der Waals surface area contributed by atoms with Crippen molar-refractivity contribution in [1.29, 1.82) is 0 Å². The topological polar surface area (TPSA) is 84.9 Å². The number of rotatable bonds is 5. The summed E-state index contributed by atoms with van der Waals surface area (Å²) in [5.74, 6) is -0.125. The van der Waals surface area contributed by atoms with E-state index in [9.17, 15) is 22.8 Å². The molecule has 0 bridgehead atoms. The maximum absolute atomic E-state index is 13.6. The first-order valence-corrected chi connectivity index (χ1v) is 12.4. The molecule has 2 amide bonds. The van der Waals surface area contributed by atoms with Crippen LogP contribution in [0.5, 0.6) is 11.6 Å². The molecule has 38 heavy (non-hydrogen) atoms. The lowest BCUT2D eigenvalue weighted by Crippen LogP contribution is -2.37. The van der Waals surface area contributed by atoms with Crippen LogP contribution in [-0.2, 0) is 15.8 Å². The molecule has 2 atom stereocenters. The standard InChI is InChI=1S/C27H27F3N4O4/c1-16(35)33-9-6-17(14-33)26(36)34-10-7-20(15-34)38-19-3-4-24-22(12-19)21(5-8-31-24)18-11-23(27(28,29)30)25(37-2)32-13-18/h3-5,8,11-13,17,20H,6-7,9-10,14-15H2,1-2H3/t17-,20+/m1/s1. The fourth-order valence-corrected chi connectivity index (χ4v) is 5.14. The van der Waals surface area contributed by atoms with E-state index < -0.39 is 17.6 Å². The Morgan fingerprint density at radius 3 is 2.53 bits per heavy atom. The van der Waals surface area contributed by atoms with Gasteiger partial charge in [0.25, 0.3) is 0 Å². The third-order valence-electron chi connectivity index (χ3n) is 7.12. The molecule has 2 saturated heterocycles. The summed E-state index contributed by atoms with van der Waals surface area (Å²) in [6.45, 7) is 3.56. The summed E-state index contributed by atoms with van der Waals surface area (Å²) < 4.78 is 51.7. The molecule has 2 aromatic heterocycles. The van der Waals surface area contributed by atoms with Crippen molar-refractivity contribution in [2.75, 3.05) is 33.3 Å². The molecule has 2 aliphatic heterocycles. The quantitative estimate of drug-likeness (QED) is 0.494. The lowest BCUT2D eigenvalue weighted by atomic mass is 10.0. The first-order valence-electron chi connectivity index (χ1n) is 12.4. The highest BCUT2D eigenvalue weighted by Gasteiger charge is 2.37. The Balaban J connectivity index is 1.34. The van der Waals surface area contributed by atoms with Gasteiger partial charge < -0.3 is 19.3 Å². The minimum atomic E-state index is -4.62. The number of methoxy groups -OCH3 is 1. The number of halogens is 3. The minimum absolute atomic E-state index is 0.0202. The highest BCUT2D eigenvalue weighted by molar-refractivity contribution is 5.95. The van der Waals surface area contributed by atoms with E-state index >= 15 is 0 Å². The van der Waals surface area contributed by atoms with E-state index in [1.807, 2.05) is 0 Å². The molecule has 0 saturated carbocycles. The van der Waals surface area contributed by atoms with Crippen LogP contribution in [0.25, 0.3) is 22.0 Å². The monoisotopic (exact) mass is 528 g/mol. The Morgan fingerprint density at radius 2 is 1.82 bits per heavy atom. The maximum atomic E-state index is 13.6. The van der Waals surface area contributed by atoms with Crippen molar-refractivity contribution in [3.63, 3.8) is 0 Å². The summed E-state index contributed by atoms with van der Waals surface area (Å²) in [7, 11) is 1.15. The molecule has 4 heterocycles. The fraction of sp³-hybridized carbons (Fsp3) is 0.407. The lowest BCUT2D eigenvalue weighted by Gasteiger charge is -2.21. The average Bonchev–Trinajstić information content (AvgIpc) is 3.57. The van der Waals surface area contributed by atoms with E-state index in [-0.39, 0.29) is 29.4 Å². The highest BCUT2D eigenvalue weighted by atomic mass is 19.4. The van der Waals surface area contributed by atoms with Crippen molar-refractivity contribution in [3.8, 4) is 22.8 Å². The number of hydrogen-bond acceptors (Lipinski definition) is 6. The van der Waals surface area contributed by atoms with Crippen LogP contribution in [0.1, 0.15) is 25.3 Å².